The van der Waals surface area contributed by atoms with Gasteiger partial charge in [0, 0.05) is 11.6 Å². The van der Waals surface area contributed by atoms with Gasteiger partial charge in [-0.15, -0.1) is 11.3 Å². The van der Waals surface area contributed by atoms with Crippen LogP contribution in [0.3, 0.4) is 0 Å². The van der Waals surface area contributed by atoms with Gasteiger partial charge in [-0.1, -0.05) is 0 Å². The van der Waals surface area contributed by atoms with Crippen LogP contribution in [0.5, 0.6) is 5.75 Å². The SMILES string of the molecule is O=S(=O)(Oc1c(F)c(F)c(F)c(F)c1F)c1nccs1. The van der Waals surface area contributed by atoms with Crippen molar-refractivity contribution in [3.63, 3.8) is 0 Å². The third-order valence-corrected chi connectivity index (χ3v) is 4.37. The summed E-state index contributed by atoms with van der Waals surface area (Å²) in [6.45, 7) is 0. The second-order valence-corrected chi connectivity index (χ2v) is 5.85. The van der Waals surface area contributed by atoms with E-state index in [4.69, 9.17) is 0 Å². The zero-order valence-corrected chi connectivity index (χ0v) is 10.7. The number of hydrogen-bond acceptors (Lipinski definition) is 5. The predicted molar refractivity (Wildman–Crippen MR) is 56.2 cm³/mol. The van der Waals surface area contributed by atoms with Gasteiger partial charge in [-0.3, -0.25) is 0 Å². The van der Waals surface area contributed by atoms with E-state index in [0.29, 0.717) is 11.3 Å². The molecule has 0 bridgehead atoms. The first-order chi connectivity index (χ1) is 9.25. The van der Waals surface area contributed by atoms with E-state index >= 15 is 0 Å². The molecule has 0 unspecified atom stereocenters. The van der Waals surface area contributed by atoms with Crippen molar-refractivity contribution in [1.29, 1.82) is 0 Å². The van der Waals surface area contributed by atoms with Gasteiger partial charge in [0.1, 0.15) is 0 Å². The van der Waals surface area contributed by atoms with E-state index in [1.165, 1.54) is 5.38 Å². The lowest BCUT2D eigenvalue weighted by molar-refractivity contribution is 0.346. The van der Waals surface area contributed by atoms with Crippen molar-refractivity contribution in [2.24, 2.45) is 0 Å². The van der Waals surface area contributed by atoms with E-state index in [1.807, 2.05) is 0 Å². The molecular formula is C9H2F5NO3S2. The Labute approximate surface area is 112 Å². The van der Waals surface area contributed by atoms with Gasteiger partial charge in [0.25, 0.3) is 0 Å². The minimum atomic E-state index is -4.79. The van der Waals surface area contributed by atoms with Gasteiger partial charge >= 0.3 is 10.1 Å². The number of aromatic nitrogens is 1. The number of rotatable bonds is 3. The van der Waals surface area contributed by atoms with Crippen molar-refractivity contribution in [1.82, 2.24) is 4.98 Å². The maximum absolute atomic E-state index is 13.2. The number of benzene rings is 1. The molecule has 1 heterocycles. The Hall–Kier alpha value is -1.75. The lowest BCUT2D eigenvalue weighted by Crippen LogP contribution is -2.14. The number of nitrogens with zero attached hydrogens (tertiary/aromatic N) is 1. The summed E-state index contributed by atoms with van der Waals surface area (Å²) in [6, 6.07) is 0. The quantitative estimate of drug-likeness (QED) is 0.375. The molecule has 0 atom stereocenters. The average molecular weight is 331 g/mol. The van der Waals surface area contributed by atoms with Crippen LogP contribution in [0.25, 0.3) is 0 Å². The Morgan fingerprint density at radius 3 is 1.90 bits per heavy atom. The lowest BCUT2D eigenvalue weighted by atomic mass is 10.3. The fraction of sp³-hybridized carbons (Fsp3) is 0. The smallest absolute Gasteiger partial charge is 0.367 e. The maximum Gasteiger partial charge on any atom is 0.367 e. The molecule has 4 nitrogen and oxygen atoms in total. The van der Waals surface area contributed by atoms with Gasteiger partial charge < -0.3 is 4.18 Å². The summed E-state index contributed by atoms with van der Waals surface area (Å²) >= 11 is 0.542. The van der Waals surface area contributed by atoms with Crippen LogP contribution < -0.4 is 4.18 Å². The Morgan fingerprint density at radius 2 is 1.45 bits per heavy atom. The first kappa shape index (κ1) is 14.7. The molecule has 11 heteroatoms. The molecule has 0 saturated carbocycles. The molecule has 0 saturated heterocycles. The summed E-state index contributed by atoms with van der Waals surface area (Å²) in [5.41, 5.74) is 0. The first-order valence-corrected chi connectivity index (χ1v) is 6.90. The summed E-state index contributed by atoms with van der Waals surface area (Å²) in [7, 11) is -4.79. The van der Waals surface area contributed by atoms with Crippen molar-refractivity contribution < 1.29 is 34.6 Å². The highest BCUT2D eigenvalue weighted by molar-refractivity contribution is 7.89. The predicted octanol–water partition coefficient (Wildman–Crippen LogP) is 2.61. The Morgan fingerprint density at radius 1 is 0.950 bits per heavy atom. The normalized spacial score (nSPS) is 11.7. The monoisotopic (exact) mass is 331 g/mol. The summed E-state index contributed by atoms with van der Waals surface area (Å²) in [5.74, 6) is -13.7. The molecule has 1 aromatic carbocycles. The van der Waals surface area contributed by atoms with Crippen molar-refractivity contribution >= 4 is 21.5 Å². The molecule has 2 aromatic rings. The van der Waals surface area contributed by atoms with Crippen molar-refractivity contribution in [3.05, 3.63) is 40.7 Å². The molecule has 1 aromatic heterocycles. The zero-order chi connectivity index (χ0) is 15.1. The molecule has 0 aliphatic rings. The number of hydrogen-bond donors (Lipinski definition) is 0. The van der Waals surface area contributed by atoms with Gasteiger partial charge in [-0.25, -0.2) is 18.2 Å². The molecule has 108 valence electrons. The molecule has 0 N–H and O–H groups in total. The van der Waals surface area contributed by atoms with Crippen LogP contribution in [0.15, 0.2) is 15.9 Å². The minimum Gasteiger partial charge on any atom is -0.371 e. The van der Waals surface area contributed by atoms with Crippen molar-refractivity contribution in [2.45, 2.75) is 4.34 Å². The van der Waals surface area contributed by atoms with Crippen LogP contribution in [0.2, 0.25) is 0 Å². The Kier molecular flexibility index (Phi) is 3.65. The fourth-order valence-corrected chi connectivity index (χ4v) is 2.86. The highest BCUT2D eigenvalue weighted by Gasteiger charge is 2.31. The molecule has 0 amide bonds. The molecule has 0 spiro atoms. The van der Waals surface area contributed by atoms with Crippen LogP contribution in [-0.2, 0) is 10.1 Å². The highest BCUT2D eigenvalue weighted by Crippen LogP contribution is 2.31. The summed E-state index contributed by atoms with van der Waals surface area (Å²) < 4.78 is 91.3. The summed E-state index contributed by atoms with van der Waals surface area (Å²) in [4.78, 5) is 3.30. The maximum atomic E-state index is 13.2. The standard InChI is InChI=1S/C9H2F5NO3S2/c10-3-4(11)6(13)8(7(14)5(3)12)18-20(16,17)9-15-1-2-19-9/h1-2H. The van der Waals surface area contributed by atoms with E-state index in [0.717, 1.165) is 6.20 Å². The fourth-order valence-electron chi connectivity index (χ4n) is 1.14. The third-order valence-electron chi connectivity index (χ3n) is 1.99. The van der Waals surface area contributed by atoms with E-state index in [1.54, 1.807) is 0 Å². The minimum absolute atomic E-state index is 0.542. The molecular weight excluding hydrogens is 329 g/mol. The third kappa shape index (κ3) is 2.33. The molecule has 20 heavy (non-hydrogen) atoms. The molecule has 0 aliphatic heterocycles. The van der Waals surface area contributed by atoms with Crippen LogP contribution in [0.1, 0.15) is 0 Å². The van der Waals surface area contributed by atoms with Gasteiger partial charge in [0.2, 0.25) is 39.2 Å². The van der Waals surface area contributed by atoms with E-state index in [9.17, 15) is 30.4 Å². The lowest BCUT2D eigenvalue weighted by Gasteiger charge is -2.08. The zero-order valence-electron chi connectivity index (χ0n) is 9.03. The molecule has 0 fully saturated rings. The number of thiazole rings is 1. The number of halogens is 5. The Bertz CT molecular complexity index is 731. The van der Waals surface area contributed by atoms with E-state index in [2.05, 4.69) is 9.17 Å². The van der Waals surface area contributed by atoms with Gasteiger partial charge in [-0.2, -0.15) is 17.2 Å². The average Bonchev–Trinajstić information content (AvgIpc) is 2.94. The summed E-state index contributed by atoms with van der Waals surface area (Å²) in [6.07, 6.45) is 1.06. The molecule has 2 rings (SSSR count). The summed E-state index contributed by atoms with van der Waals surface area (Å²) in [5, 5.41) is 1.22. The second kappa shape index (κ2) is 4.98. The van der Waals surface area contributed by atoms with Crippen LogP contribution >= 0.6 is 11.3 Å². The molecule has 0 aliphatic carbocycles. The van der Waals surface area contributed by atoms with Crippen molar-refractivity contribution in [2.75, 3.05) is 0 Å². The van der Waals surface area contributed by atoms with Crippen LogP contribution in [0.4, 0.5) is 22.0 Å². The largest absolute Gasteiger partial charge is 0.371 e. The molecule has 0 radical (unpaired) electrons. The van der Waals surface area contributed by atoms with E-state index in [-0.39, 0.29) is 0 Å². The van der Waals surface area contributed by atoms with Crippen LogP contribution in [0, 0.1) is 29.1 Å². The van der Waals surface area contributed by atoms with Crippen LogP contribution in [-0.4, -0.2) is 13.4 Å². The topological polar surface area (TPSA) is 56.3 Å². The van der Waals surface area contributed by atoms with Crippen molar-refractivity contribution in [3.8, 4) is 5.75 Å². The highest BCUT2D eigenvalue weighted by atomic mass is 32.3. The van der Waals surface area contributed by atoms with Gasteiger partial charge in [0.05, 0.1) is 0 Å². The Balaban J connectivity index is 2.56. The second-order valence-electron chi connectivity index (χ2n) is 3.23. The van der Waals surface area contributed by atoms with Gasteiger partial charge in [0.15, 0.2) is 0 Å². The first-order valence-electron chi connectivity index (χ1n) is 4.61. The van der Waals surface area contributed by atoms with Gasteiger partial charge in [-0.05, 0) is 0 Å². The van der Waals surface area contributed by atoms with E-state index < -0.39 is 49.3 Å².